The summed E-state index contributed by atoms with van der Waals surface area (Å²) in [5.41, 5.74) is 4.43. The van der Waals surface area contributed by atoms with Crippen LogP contribution in [0.3, 0.4) is 0 Å². The summed E-state index contributed by atoms with van der Waals surface area (Å²) < 4.78 is 0. The smallest absolute Gasteiger partial charge is 0.248 e. The van der Waals surface area contributed by atoms with Crippen LogP contribution < -0.4 is 5.32 Å². The zero-order valence-electron chi connectivity index (χ0n) is 16.6. The van der Waals surface area contributed by atoms with Gasteiger partial charge in [-0.3, -0.25) is 4.79 Å². The fourth-order valence-electron chi connectivity index (χ4n) is 3.56. The van der Waals surface area contributed by atoms with E-state index in [1.807, 2.05) is 6.08 Å². The van der Waals surface area contributed by atoms with Gasteiger partial charge < -0.3 is 15.5 Å². The van der Waals surface area contributed by atoms with Gasteiger partial charge in [0.1, 0.15) is 11.5 Å². The van der Waals surface area contributed by atoms with E-state index in [-0.39, 0.29) is 22.8 Å². The molecule has 4 nitrogen and oxygen atoms in total. The van der Waals surface area contributed by atoms with E-state index in [0.717, 1.165) is 12.8 Å². The highest BCUT2D eigenvalue weighted by Gasteiger charge is 2.26. The molecule has 3 N–H and O–H groups in total. The topological polar surface area (TPSA) is 69.6 Å². The van der Waals surface area contributed by atoms with Gasteiger partial charge in [0.2, 0.25) is 5.91 Å². The summed E-state index contributed by atoms with van der Waals surface area (Å²) in [4.78, 5) is 12.2. The van der Waals surface area contributed by atoms with E-state index in [1.165, 1.54) is 35.8 Å². The minimum Gasteiger partial charge on any atom is -0.508 e. The van der Waals surface area contributed by atoms with Crippen LogP contribution in [0.25, 0.3) is 5.57 Å². The number of phenols is 2. The lowest BCUT2D eigenvalue weighted by atomic mass is 9.72. The molecule has 0 fully saturated rings. The van der Waals surface area contributed by atoms with Crippen molar-refractivity contribution in [3.63, 3.8) is 0 Å². The predicted octanol–water partition coefficient (Wildman–Crippen LogP) is 5.21. The van der Waals surface area contributed by atoms with E-state index in [4.69, 9.17) is 0 Å². The molecule has 0 heterocycles. The molecule has 4 heteroatoms. The monoisotopic (exact) mass is 367 g/mol. The number of carbonyl (C=O) groups excluding carboxylic acids is 1. The Morgan fingerprint density at radius 2 is 2.00 bits per heavy atom. The summed E-state index contributed by atoms with van der Waals surface area (Å²) in [6.45, 7) is 12.3. The first-order chi connectivity index (χ1) is 12.6. The number of hydrogen-bond acceptors (Lipinski definition) is 3. The number of carbonyl (C=O) groups is 1. The van der Waals surface area contributed by atoms with Gasteiger partial charge in [-0.25, -0.2) is 0 Å². The van der Waals surface area contributed by atoms with Crippen molar-refractivity contribution in [2.75, 3.05) is 0 Å². The van der Waals surface area contributed by atoms with Crippen molar-refractivity contribution in [1.82, 2.24) is 5.32 Å². The molecule has 0 saturated heterocycles. The van der Waals surface area contributed by atoms with E-state index in [1.54, 1.807) is 13.0 Å². The van der Waals surface area contributed by atoms with Crippen LogP contribution in [0.1, 0.15) is 52.5 Å². The fourth-order valence-corrected chi connectivity index (χ4v) is 3.56. The first-order valence-electron chi connectivity index (χ1n) is 9.19. The molecule has 1 aromatic rings. The van der Waals surface area contributed by atoms with Crippen LogP contribution in [-0.4, -0.2) is 16.1 Å². The molecular weight excluding hydrogens is 338 g/mol. The minimum atomic E-state index is -0.316. The molecule has 0 aromatic heterocycles. The van der Waals surface area contributed by atoms with Gasteiger partial charge in [0.15, 0.2) is 0 Å². The Morgan fingerprint density at radius 3 is 2.63 bits per heavy atom. The second-order valence-corrected chi connectivity index (χ2v) is 7.81. The summed E-state index contributed by atoms with van der Waals surface area (Å²) in [5.74, 6) is -0.414. The van der Waals surface area contributed by atoms with Gasteiger partial charge in [-0.2, -0.15) is 0 Å². The molecule has 0 radical (unpaired) electrons. The predicted molar refractivity (Wildman–Crippen MR) is 110 cm³/mol. The van der Waals surface area contributed by atoms with Crippen molar-refractivity contribution in [2.24, 2.45) is 5.41 Å². The standard InChI is InChI=1S/C23H29NO3/c1-15-7-6-12-23(4,5)20(15)11-8-17(3)24-22(27)13-16(2)19-10-9-18(25)14-21(19)26/h8-11,13-14,25-26H,3,6-7,12H2,1-2,4-5H3,(H,24,27). The van der Waals surface area contributed by atoms with Crippen LogP contribution in [0.15, 0.2) is 59.8 Å². The Hall–Kier alpha value is -2.75. The molecule has 2 rings (SSSR count). The van der Waals surface area contributed by atoms with E-state index in [2.05, 4.69) is 38.7 Å². The van der Waals surface area contributed by atoms with E-state index in [9.17, 15) is 15.0 Å². The maximum absolute atomic E-state index is 12.2. The highest BCUT2D eigenvalue weighted by atomic mass is 16.3. The molecule has 144 valence electrons. The molecule has 27 heavy (non-hydrogen) atoms. The largest absolute Gasteiger partial charge is 0.508 e. The lowest BCUT2D eigenvalue weighted by Crippen LogP contribution is -2.20. The Kier molecular flexibility index (Phi) is 6.32. The van der Waals surface area contributed by atoms with E-state index < -0.39 is 0 Å². The number of hydrogen-bond donors (Lipinski definition) is 3. The minimum absolute atomic E-state index is 0.0257. The van der Waals surface area contributed by atoms with Gasteiger partial charge in [-0.15, -0.1) is 0 Å². The van der Waals surface area contributed by atoms with Crippen molar-refractivity contribution in [3.05, 3.63) is 65.4 Å². The molecule has 0 unspecified atom stereocenters. The maximum Gasteiger partial charge on any atom is 0.248 e. The number of aromatic hydroxyl groups is 2. The van der Waals surface area contributed by atoms with Crippen LogP contribution >= 0.6 is 0 Å². The summed E-state index contributed by atoms with van der Waals surface area (Å²) in [6, 6.07) is 4.28. The Morgan fingerprint density at radius 1 is 1.30 bits per heavy atom. The van der Waals surface area contributed by atoms with Gasteiger partial charge in [-0.05, 0) is 67.9 Å². The zero-order chi connectivity index (χ0) is 20.2. The molecule has 1 aliphatic rings. The first-order valence-corrected chi connectivity index (χ1v) is 9.19. The third-order valence-electron chi connectivity index (χ3n) is 5.03. The summed E-state index contributed by atoms with van der Waals surface area (Å²) in [5, 5.41) is 22.0. The van der Waals surface area contributed by atoms with Crippen LogP contribution in [0.4, 0.5) is 0 Å². The highest BCUT2D eigenvalue weighted by Crippen LogP contribution is 2.40. The lowest BCUT2D eigenvalue weighted by molar-refractivity contribution is -0.115. The number of nitrogens with one attached hydrogen (secondary N) is 1. The van der Waals surface area contributed by atoms with E-state index in [0.29, 0.717) is 16.8 Å². The number of benzene rings is 1. The fraction of sp³-hybridized carbons (Fsp3) is 0.348. The molecule has 1 amide bonds. The molecule has 0 spiro atoms. The molecule has 1 aromatic carbocycles. The molecule has 0 bridgehead atoms. The summed E-state index contributed by atoms with van der Waals surface area (Å²) >= 11 is 0. The zero-order valence-corrected chi connectivity index (χ0v) is 16.6. The second-order valence-electron chi connectivity index (χ2n) is 7.81. The van der Waals surface area contributed by atoms with Crippen LogP contribution in [0.5, 0.6) is 11.5 Å². The third kappa shape index (κ3) is 5.36. The number of allylic oxidation sites excluding steroid dienone is 5. The van der Waals surface area contributed by atoms with Crippen molar-refractivity contribution in [3.8, 4) is 11.5 Å². The highest BCUT2D eigenvalue weighted by molar-refractivity contribution is 5.96. The average Bonchev–Trinajstić information content (AvgIpc) is 2.53. The van der Waals surface area contributed by atoms with Crippen molar-refractivity contribution in [2.45, 2.75) is 47.0 Å². The second kappa shape index (κ2) is 8.30. The van der Waals surface area contributed by atoms with E-state index >= 15 is 0 Å². The first kappa shape index (κ1) is 20.6. The molecular formula is C23H29NO3. The number of amides is 1. The lowest BCUT2D eigenvalue weighted by Gasteiger charge is -2.32. The van der Waals surface area contributed by atoms with Crippen molar-refractivity contribution < 1.29 is 15.0 Å². The molecule has 0 atom stereocenters. The molecule has 0 aliphatic heterocycles. The Labute approximate surface area is 161 Å². The summed E-state index contributed by atoms with van der Waals surface area (Å²) in [7, 11) is 0. The van der Waals surface area contributed by atoms with Crippen LogP contribution in [0.2, 0.25) is 0 Å². The quantitative estimate of drug-likeness (QED) is 0.494. The summed E-state index contributed by atoms with van der Waals surface area (Å²) in [6.07, 6.45) is 8.77. The van der Waals surface area contributed by atoms with Gasteiger partial charge in [0, 0.05) is 23.4 Å². The third-order valence-corrected chi connectivity index (χ3v) is 5.03. The Balaban J connectivity index is 2.06. The number of phenolic OH excluding ortho intramolecular Hbond substituents is 2. The van der Waals surface area contributed by atoms with Crippen molar-refractivity contribution in [1.29, 1.82) is 0 Å². The van der Waals surface area contributed by atoms with Crippen LogP contribution in [0, 0.1) is 5.41 Å². The number of rotatable bonds is 5. The SMILES string of the molecule is C=C(C=CC1=C(C)CCCC1(C)C)NC(=O)C=C(C)c1ccc(O)cc1O. The van der Waals surface area contributed by atoms with Crippen LogP contribution in [-0.2, 0) is 4.79 Å². The van der Waals surface area contributed by atoms with Gasteiger partial charge in [0.25, 0.3) is 0 Å². The van der Waals surface area contributed by atoms with Gasteiger partial charge in [0.05, 0.1) is 0 Å². The van der Waals surface area contributed by atoms with Gasteiger partial charge in [-0.1, -0.05) is 32.1 Å². The van der Waals surface area contributed by atoms with Crippen molar-refractivity contribution >= 4 is 11.5 Å². The Bertz CT molecular complexity index is 841. The normalized spacial score (nSPS) is 17.3. The van der Waals surface area contributed by atoms with Gasteiger partial charge >= 0.3 is 0 Å². The average molecular weight is 367 g/mol. The molecule has 1 aliphatic carbocycles. The maximum atomic E-state index is 12.2. The molecule has 0 saturated carbocycles.